The first-order chi connectivity index (χ1) is 9.53. The summed E-state index contributed by atoms with van der Waals surface area (Å²) in [4.78, 5) is 4.12. The van der Waals surface area contributed by atoms with E-state index in [1.54, 1.807) is 12.4 Å². The standard InChI is InChI=1S/C14H18N2O3S/c1-12(10-17)20(18,19)11-14-15-7-8-16(14)9-13-5-3-2-4-6-13/h2-8,12,17H,9-11H2,1H3/t12-/m1/s1. The number of aromatic nitrogens is 2. The Morgan fingerprint density at radius 3 is 2.65 bits per heavy atom. The lowest BCUT2D eigenvalue weighted by molar-refractivity contribution is 0.295. The summed E-state index contributed by atoms with van der Waals surface area (Å²) >= 11 is 0. The van der Waals surface area contributed by atoms with Gasteiger partial charge in [0.25, 0.3) is 0 Å². The van der Waals surface area contributed by atoms with E-state index in [-0.39, 0.29) is 12.4 Å². The van der Waals surface area contributed by atoms with Crippen LogP contribution in [0.2, 0.25) is 0 Å². The van der Waals surface area contributed by atoms with E-state index in [1.165, 1.54) is 6.92 Å². The summed E-state index contributed by atoms with van der Waals surface area (Å²) < 4.78 is 25.9. The molecule has 0 bridgehead atoms. The van der Waals surface area contributed by atoms with Crippen molar-refractivity contribution in [3.8, 4) is 0 Å². The molecule has 2 rings (SSSR count). The zero-order valence-electron chi connectivity index (χ0n) is 11.3. The third kappa shape index (κ3) is 3.46. The van der Waals surface area contributed by atoms with Crippen LogP contribution in [0.5, 0.6) is 0 Å². The monoisotopic (exact) mass is 294 g/mol. The lowest BCUT2D eigenvalue weighted by Gasteiger charge is -2.11. The fraction of sp³-hybridized carbons (Fsp3) is 0.357. The first-order valence-corrected chi connectivity index (χ1v) is 8.11. The Labute approximate surface area is 118 Å². The van der Waals surface area contributed by atoms with Crippen molar-refractivity contribution < 1.29 is 13.5 Å². The molecule has 2 aromatic rings. The van der Waals surface area contributed by atoms with E-state index < -0.39 is 15.1 Å². The van der Waals surface area contributed by atoms with Gasteiger partial charge in [-0.05, 0) is 12.5 Å². The molecule has 5 nitrogen and oxygen atoms in total. The molecular formula is C14H18N2O3S. The molecule has 0 radical (unpaired) electrons. The number of imidazole rings is 1. The zero-order valence-corrected chi connectivity index (χ0v) is 12.1. The highest BCUT2D eigenvalue weighted by Crippen LogP contribution is 2.12. The molecule has 1 aromatic carbocycles. The smallest absolute Gasteiger partial charge is 0.162 e. The Bertz CT molecular complexity index is 650. The SMILES string of the molecule is C[C@H](CO)S(=O)(=O)Cc1nccn1Cc1ccccc1. The minimum atomic E-state index is -3.38. The van der Waals surface area contributed by atoms with Crippen LogP contribution in [-0.2, 0) is 22.1 Å². The summed E-state index contributed by atoms with van der Waals surface area (Å²) in [6.45, 7) is 1.71. The molecule has 0 aliphatic heterocycles. The van der Waals surface area contributed by atoms with Gasteiger partial charge in [0, 0.05) is 18.9 Å². The van der Waals surface area contributed by atoms with Gasteiger partial charge in [0.1, 0.15) is 11.6 Å². The number of aliphatic hydroxyl groups excluding tert-OH is 1. The second-order valence-electron chi connectivity index (χ2n) is 4.76. The van der Waals surface area contributed by atoms with Crippen LogP contribution < -0.4 is 0 Å². The minimum absolute atomic E-state index is 0.158. The lowest BCUT2D eigenvalue weighted by Crippen LogP contribution is -2.24. The average Bonchev–Trinajstić information content (AvgIpc) is 2.85. The maximum Gasteiger partial charge on any atom is 0.162 e. The summed E-state index contributed by atoms with van der Waals surface area (Å²) in [5.74, 6) is 0.336. The van der Waals surface area contributed by atoms with Gasteiger partial charge in [-0.15, -0.1) is 0 Å². The van der Waals surface area contributed by atoms with Gasteiger partial charge < -0.3 is 9.67 Å². The van der Waals surface area contributed by atoms with Crippen molar-refractivity contribution in [1.29, 1.82) is 0 Å². The predicted octanol–water partition coefficient (Wildman–Crippen LogP) is 1.23. The third-order valence-electron chi connectivity index (χ3n) is 3.20. The van der Waals surface area contributed by atoms with E-state index in [2.05, 4.69) is 4.98 Å². The van der Waals surface area contributed by atoms with E-state index in [9.17, 15) is 8.42 Å². The molecule has 0 aliphatic rings. The first-order valence-electron chi connectivity index (χ1n) is 6.39. The molecule has 108 valence electrons. The fourth-order valence-corrected chi connectivity index (χ4v) is 2.95. The van der Waals surface area contributed by atoms with Gasteiger partial charge in [-0.2, -0.15) is 0 Å². The highest BCUT2D eigenvalue weighted by atomic mass is 32.2. The van der Waals surface area contributed by atoms with E-state index in [4.69, 9.17) is 5.11 Å². The predicted molar refractivity (Wildman–Crippen MR) is 76.9 cm³/mol. The van der Waals surface area contributed by atoms with Crippen LogP contribution in [0.4, 0.5) is 0 Å². The normalized spacial score (nSPS) is 13.3. The molecule has 1 heterocycles. The quantitative estimate of drug-likeness (QED) is 0.869. The third-order valence-corrected chi connectivity index (χ3v) is 5.23. The maximum atomic E-state index is 12.0. The number of sulfone groups is 1. The van der Waals surface area contributed by atoms with Crippen LogP contribution in [0.15, 0.2) is 42.7 Å². The molecule has 1 atom stereocenters. The number of hydrogen-bond acceptors (Lipinski definition) is 4. The Morgan fingerprint density at radius 1 is 1.30 bits per heavy atom. The van der Waals surface area contributed by atoms with Crippen LogP contribution in [0.3, 0.4) is 0 Å². The molecule has 0 saturated carbocycles. The topological polar surface area (TPSA) is 72.2 Å². The molecule has 20 heavy (non-hydrogen) atoms. The van der Waals surface area contributed by atoms with Crippen molar-refractivity contribution in [2.75, 3.05) is 6.61 Å². The van der Waals surface area contributed by atoms with Crippen molar-refractivity contribution in [3.05, 3.63) is 54.1 Å². The average molecular weight is 294 g/mol. The van der Waals surface area contributed by atoms with Gasteiger partial charge in [0.2, 0.25) is 0 Å². The van der Waals surface area contributed by atoms with Gasteiger partial charge in [-0.25, -0.2) is 13.4 Å². The summed E-state index contributed by atoms with van der Waals surface area (Å²) in [5.41, 5.74) is 1.08. The molecule has 1 aromatic heterocycles. The number of rotatable bonds is 6. The summed E-state index contributed by atoms with van der Waals surface area (Å²) in [6, 6.07) is 9.78. The van der Waals surface area contributed by atoms with Crippen LogP contribution in [-0.4, -0.2) is 34.9 Å². The molecule has 6 heteroatoms. The lowest BCUT2D eigenvalue weighted by atomic mass is 10.2. The van der Waals surface area contributed by atoms with Gasteiger partial charge >= 0.3 is 0 Å². The van der Waals surface area contributed by atoms with Crippen molar-refractivity contribution in [3.63, 3.8) is 0 Å². The maximum absolute atomic E-state index is 12.0. The minimum Gasteiger partial charge on any atom is -0.395 e. The Hall–Kier alpha value is -1.66. The Morgan fingerprint density at radius 2 is 2.00 bits per heavy atom. The molecule has 0 fully saturated rings. The second kappa shape index (κ2) is 6.19. The van der Waals surface area contributed by atoms with E-state index in [1.807, 2.05) is 34.9 Å². The van der Waals surface area contributed by atoms with E-state index in [0.29, 0.717) is 12.4 Å². The van der Waals surface area contributed by atoms with Gasteiger partial charge in [0.05, 0.1) is 11.9 Å². The molecule has 0 aliphatic carbocycles. The largest absolute Gasteiger partial charge is 0.395 e. The Kier molecular flexibility index (Phi) is 4.57. The van der Waals surface area contributed by atoms with E-state index >= 15 is 0 Å². The van der Waals surface area contributed by atoms with Crippen molar-refractivity contribution >= 4 is 9.84 Å². The van der Waals surface area contributed by atoms with Crippen molar-refractivity contribution in [1.82, 2.24) is 9.55 Å². The number of nitrogens with zero attached hydrogens (tertiary/aromatic N) is 2. The first kappa shape index (κ1) is 14.7. The van der Waals surface area contributed by atoms with Crippen LogP contribution in [0.25, 0.3) is 0 Å². The molecule has 0 saturated heterocycles. The highest BCUT2D eigenvalue weighted by molar-refractivity contribution is 7.91. The summed E-state index contributed by atoms with van der Waals surface area (Å²) in [7, 11) is -3.38. The molecule has 0 unspecified atom stereocenters. The van der Waals surface area contributed by atoms with Crippen molar-refractivity contribution in [2.24, 2.45) is 0 Å². The molecule has 0 spiro atoms. The highest BCUT2D eigenvalue weighted by Gasteiger charge is 2.22. The van der Waals surface area contributed by atoms with Crippen LogP contribution in [0.1, 0.15) is 18.3 Å². The fourth-order valence-electron chi connectivity index (χ4n) is 1.84. The van der Waals surface area contributed by atoms with E-state index in [0.717, 1.165) is 5.56 Å². The van der Waals surface area contributed by atoms with Crippen LogP contribution >= 0.6 is 0 Å². The van der Waals surface area contributed by atoms with Gasteiger partial charge in [-0.3, -0.25) is 0 Å². The van der Waals surface area contributed by atoms with Gasteiger partial charge in [-0.1, -0.05) is 30.3 Å². The Balaban J connectivity index is 2.17. The molecular weight excluding hydrogens is 276 g/mol. The number of benzene rings is 1. The van der Waals surface area contributed by atoms with Crippen molar-refractivity contribution in [2.45, 2.75) is 24.5 Å². The zero-order chi connectivity index (χ0) is 14.6. The van der Waals surface area contributed by atoms with Crippen LogP contribution in [0, 0.1) is 0 Å². The van der Waals surface area contributed by atoms with Gasteiger partial charge in [0.15, 0.2) is 9.84 Å². The molecule has 1 N–H and O–H groups in total. The number of hydrogen-bond donors (Lipinski definition) is 1. The molecule has 0 amide bonds. The second-order valence-corrected chi connectivity index (χ2v) is 7.18. The summed E-state index contributed by atoms with van der Waals surface area (Å²) in [6.07, 6.45) is 3.36. The number of aliphatic hydroxyl groups is 1. The summed E-state index contributed by atoms with van der Waals surface area (Å²) in [5, 5.41) is 8.22.